The highest BCUT2D eigenvalue weighted by Crippen LogP contribution is 2.28. The van der Waals surface area contributed by atoms with E-state index in [1.807, 2.05) is 13.8 Å². The Bertz CT molecular complexity index is 5000. The minimum Gasteiger partial charge on any atom is -0.508 e. The number of phenols is 1. The lowest BCUT2D eigenvalue weighted by molar-refractivity contribution is -0.149. The van der Waals surface area contributed by atoms with Crippen LogP contribution in [-0.2, 0) is 101 Å². The number of nitrogens with one attached hydrogen (secondary N) is 14. The van der Waals surface area contributed by atoms with Crippen LogP contribution in [0.2, 0.25) is 0 Å². The number of phenolic OH excluding ortho intramolecular Hbond substituents is 1. The number of aliphatic hydroxyl groups excluding tert-OH is 2. The summed E-state index contributed by atoms with van der Waals surface area (Å²) < 4.78 is 0. The van der Waals surface area contributed by atoms with Gasteiger partial charge in [-0.25, -0.2) is 0 Å². The van der Waals surface area contributed by atoms with Crippen molar-refractivity contribution in [1.29, 1.82) is 5.41 Å². The predicted octanol–water partition coefficient (Wildman–Crippen LogP) is -3.72. The minimum absolute atomic E-state index is 0.0152. The van der Waals surface area contributed by atoms with Crippen LogP contribution >= 0.6 is 0 Å². The number of rotatable bonds is 25. The number of aromatic hydroxyl groups is 1. The summed E-state index contributed by atoms with van der Waals surface area (Å²) >= 11 is 0. The first kappa shape index (κ1) is 104. The second kappa shape index (κ2) is 49.4. The number of aromatic nitrogens is 2. The summed E-state index contributed by atoms with van der Waals surface area (Å²) in [4.78, 5) is 260. The lowest BCUT2D eigenvalue weighted by Gasteiger charge is -2.36. The zero-order valence-corrected chi connectivity index (χ0v) is 75.6. The van der Waals surface area contributed by atoms with Gasteiger partial charge in [0, 0.05) is 107 Å². The van der Waals surface area contributed by atoms with Crippen molar-refractivity contribution >= 4 is 128 Å². The minimum atomic E-state index is -1.89. The first-order chi connectivity index (χ1) is 62.8. The monoisotopic (exact) mass is 1840 g/mol. The molecular weight excluding hydrogens is 1710 g/mol. The Balaban J connectivity index is 1.20. The maximum Gasteiger partial charge on any atom is 0.246 e. The van der Waals surface area contributed by atoms with Crippen molar-refractivity contribution < 1.29 is 96.8 Å². The molecule has 43 nitrogen and oxygen atoms in total. The average Bonchev–Trinajstić information content (AvgIpc) is 1.60. The number of hydrogen-bond donors (Lipinski definition) is 21. The highest BCUT2D eigenvalue weighted by atomic mass is 16.3. The van der Waals surface area contributed by atoms with Gasteiger partial charge in [0.1, 0.15) is 90.3 Å². The molecule has 43 heteroatoms. The van der Waals surface area contributed by atoms with Gasteiger partial charge in [-0.1, -0.05) is 108 Å². The molecule has 0 spiro atoms. The van der Waals surface area contributed by atoms with E-state index in [-0.39, 0.29) is 89.0 Å². The number of carbonyl (C=O) groups excluding carboxylic acids is 17. The molecule has 5 heterocycles. The fourth-order valence-electron chi connectivity index (χ4n) is 16.3. The number of nitrogens with two attached hydrogens (primary N) is 4. The van der Waals surface area contributed by atoms with Gasteiger partial charge in [0.2, 0.25) is 100 Å². The molecular formula is C89H127N23O20. The van der Waals surface area contributed by atoms with Crippen molar-refractivity contribution in [3.05, 3.63) is 114 Å². The summed E-state index contributed by atoms with van der Waals surface area (Å²) in [6, 6.07) is -2.51. The highest BCUT2D eigenvalue weighted by Gasteiger charge is 2.47. The van der Waals surface area contributed by atoms with Crippen LogP contribution in [0.25, 0.3) is 21.8 Å². The first-order valence-electron chi connectivity index (χ1n) is 44.4. The third-order valence-electron chi connectivity index (χ3n) is 23.7. The van der Waals surface area contributed by atoms with Crippen LogP contribution in [0.4, 0.5) is 0 Å². The van der Waals surface area contributed by atoms with Crippen LogP contribution in [0.1, 0.15) is 141 Å². The van der Waals surface area contributed by atoms with Crippen molar-refractivity contribution in [2.45, 2.75) is 234 Å². The Hall–Kier alpha value is -13.6. The van der Waals surface area contributed by atoms with Crippen LogP contribution < -0.4 is 81.4 Å². The Labute approximate surface area is 763 Å². The van der Waals surface area contributed by atoms with E-state index in [0.29, 0.717) is 64.2 Å². The molecule has 0 aliphatic carbocycles. The number of amides is 17. The number of guanidine groups is 1. The molecule has 132 heavy (non-hydrogen) atoms. The normalized spacial score (nSPS) is 24.9. The Morgan fingerprint density at radius 1 is 0.538 bits per heavy atom. The smallest absolute Gasteiger partial charge is 0.246 e. The molecule has 2 fully saturated rings. The van der Waals surface area contributed by atoms with Crippen LogP contribution in [0.15, 0.2) is 97.3 Å². The van der Waals surface area contributed by atoms with Crippen molar-refractivity contribution in [2.75, 3.05) is 60.5 Å². The SMILES string of the molecule is CCCC[C@H]1C(=O)N(C)[C@@H](CCCC)C(=O)NC(CCCNC(=N)N)C(=O)N[C@H](C(=O)NCC(N)=O)CC=CC(=O)N[C@@H](Cc2ccc(O)cc2)C(=O)N(C)[C@@H](C)C(=O)N[C@@H](CC(N)=O)C(=O)N2CCCC2C(=O)N[C@@H](CN)C(=O)N[C@@H](CC(C)C)C(=O)N2C[C@H](O)CC2C(=O)N[C@@H](Cc2c[nH]c3ccccc23)C(=O)N[C@@H](CO)C(=O)N[C@@H](Cc2c[nH]c3ccccc23)C(=O)N1C. The van der Waals surface area contributed by atoms with Gasteiger partial charge in [0.15, 0.2) is 5.96 Å². The molecule has 0 bridgehead atoms. The van der Waals surface area contributed by atoms with Crippen LogP contribution in [0, 0.1) is 11.3 Å². The number of fused-ring (bicyclic) bond motifs is 4. The predicted molar refractivity (Wildman–Crippen MR) is 483 cm³/mol. The highest BCUT2D eigenvalue weighted by molar-refractivity contribution is 6.03. The lowest BCUT2D eigenvalue weighted by Crippen LogP contribution is -2.62. The molecule has 3 aliphatic heterocycles. The Morgan fingerprint density at radius 2 is 1.06 bits per heavy atom. The maximum atomic E-state index is 15.7. The number of aromatic amines is 2. The summed E-state index contributed by atoms with van der Waals surface area (Å²) in [5.74, 6) is -17.5. The first-order valence-corrected chi connectivity index (χ1v) is 44.4. The van der Waals surface area contributed by atoms with Crippen LogP contribution in [0.3, 0.4) is 0 Å². The second-order valence-corrected chi connectivity index (χ2v) is 34.0. The quantitative estimate of drug-likeness (QED) is 0.0152. The summed E-state index contributed by atoms with van der Waals surface area (Å²) in [5.41, 5.74) is 25.5. The van der Waals surface area contributed by atoms with Crippen LogP contribution in [0.5, 0.6) is 5.75 Å². The molecule has 2 saturated heterocycles. The summed E-state index contributed by atoms with van der Waals surface area (Å²) in [5, 5.41) is 70.4. The van der Waals surface area contributed by atoms with Crippen molar-refractivity contribution in [1.82, 2.24) is 93.0 Å². The molecule has 0 radical (unpaired) electrons. The van der Waals surface area contributed by atoms with Gasteiger partial charge in [0.25, 0.3) is 0 Å². The number of benzene rings is 3. The van der Waals surface area contributed by atoms with Crippen LogP contribution in [-0.4, -0.2) is 307 Å². The summed E-state index contributed by atoms with van der Waals surface area (Å²) in [6.45, 7) is 5.33. The standard InChI is InChI=1S/C89H127N23O20/c1-9-11-26-68-81(125)101-60(25-18-34-95-89(93)94)77(121)100-59(76(120)98-45-73(92)117)24-17-29-74(118)99-63(37-50-30-32-53(114)33-31-50)84(128)108(6)49(5)75(119)103-65(41-72(91)116)86(130)111-35-19-28-69(111)82(126)106-66(42-90)79(123)104-62(36-48(3)4)87(131)112-46-54(115)40-71(112)83(127)102-61(38-51-43-96-57-22-15-13-20-55(51)57)78(122)107-67(47-113)80(124)105-64(39-52-44-97-58-23-16-14-21-56(52)58)85(129)110(8)70(27-12-10-2)88(132)109(68)7/h13-17,20-23,29-33,43-44,48-49,54,59-71,96-97,113-115H,9-12,18-19,24-28,34-42,45-47,90H2,1-8H3,(H2,91,116)(H2,92,117)(H,98,120)(H,99,118)(H,100,121)(H,101,125)(H,102,127)(H,103,119)(H,104,123)(H,105,124)(H,106,126)(H,107,122)(H4,93,94,95)/t49-,54+,59-,60?,61-,62-,63-,64-,65-,66-,67-,68-,69?,70-,71?/m0/s1. The fraction of sp³-hybridized carbons (Fsp3) is 0.528. The zero-order chi connectivity index (χ0) is 96.9. The van der Waals surface area contributed by atoms with Gasteiger partial charge in [-0.15, -0.1) is 0 Å². The summed E-state index contributed by atoms with van der Waals surface area (Å²) in [6.07, 6.45) is 2.68. The number of unbranched alkanes of at least 4 members (excludes halogenated alkanes) is 2. The molecule has 17 amide bonds. The fourth-order valence-corrected chi connectivity index (χ4v) is 16.3. The van der Waals surface area contributed by atoms with E-state index in [0.717, 1.165) is 36.7 Å². The molecule has 0 saturated carbocycles. The van der Waals surface area contributed by atoms with E-state index in [2.05, 4.69) is 68.5 Å². The molecule has 3 aliphatic rings. The molecule has 3 unspecified atom stereocenters. The van der Waals surface area contributed by atoms with Gasteiger partial charge in [-0.05, 0) is 111 Å². The number of nitrogens with zero attached hydrogens (tertiary/aromatic N) is 5. The average molecular weight is 1840 g/mol. The molecule has 2 aromatic heterocycles. The molecule has 8 rings (SSSR count). The lowest BCUT2D eigenvalue weighted by atomic mass is 10.00. The maximum absolute atomic E-state index is 15.7. The number of para-hydroxylation sites is 2. The Kier molecular flexibility index (Phi) is 38.9. The van der Waals surface area contributed by atoms with Gasteiger partial charge in [-0.2, -0.15) is 0 Å². The number of hydrogen-bond acceptors (Lipinski definition) is 22. The number of likely N-dealkylation sites (N-methyl/N-ethyl adjacent to an activating group) is 3. The molecule has 5 aromatic rings. The number of H-pyrrole nitrogens is 2. The summed E-state index contributed by atoms with van der Waals surface area (Å²) in [7, 11) is 3.87. The van der Waals surface area contributed by atoms with Gasteiger partial charge < -0.3 is 131 Å². The van der Waals surface area contributed by atoms with E-state index < -0.39 is 243 Å². The largest absolute Gasteiger partial charge is 0.508 e. The van der Waals surface area contributed by atoms with E-state index >= 15 is 33.6 Å². The van der Waals surface area contributed by atoms with E-state index in [9.17, 15) is 63.3 Å². The Morgan fingerprint density at radius 3 is 1.66 bits per heavy atom. The van der Waals surface area contributed by atoms with E-state index in [4.69, 9.17) is 28.3 Å². The van der Waals surface area contributed by atoms with Gasteiger partial charge in [0.05, 0.1) is 25.7 Å². The number of aliphatic hydroxyl groups is 2. The number of primary amides is 2. The molecule has 15 atom stereocenters. The van der Waals surface area contributed by atoms with E-state index in [1.165, 1.54) is 52.3 Å². The number of carbonyl (C=O) groups is 17. The van der Waals surface area contributed by atoms with Gasteiger partial charge in [-0.3, -0.25) is 86.9 Å². The topological polar surface area (TPSA) is 659 Å². The molecule has 25 N–H and O–H groups in total. The second-order valence-electron chi connectivity index (χ2n) is 34.0. The third kappa shape index (κ3) is 28.7. The van der Waals surface area contributed by atoms with Gasteiger partial charge >= 0.3 is 0 Å². The molecule has 3 aromatic carbocycles. The van der Waals surface area contributed by atoms with E-state index in [1.54, 1.807) is 74.8 Å². The van der Waals surface area contributed by atoms with Crippen molar-refractivity contribution in [2.24, 2.45) is 28.9 Å². The van der Waals surface area contributed by atoms with Crippen molar-refractivity contribution in [3.8, 4) is 5.75 Å². The van der Waals surface area contributed by atoms with Crippen molar-refractivity contribution in [3.63, 3.8) is 0 Å². The zero-order valence-electron chi connectivity index (χ0n) is 75.6. The third-order valence-corrected chi connectivity index (χ3v) is 23.7. The molecule has 718 valence electrons.